The molecule has 0 radical (unpaired) electrons. The molecule has 0 atom stereocenters. The van der Waals surface area contributed by atoms with Crippen molar-refractivity contribution in [3.63, 3.8) is 0 Å². The first-order valence-electron chi connectivity index (χ1n) is 6.03. The predicted molar refractivity (Wildman–Crippen MR) is 65.0 cm³/mol. The van der Waals surface area contributed by atoms with Gasteiger partial charge in [0.15, 0.2) is 11.6 Å². The smallest absolute Gasteiger partial charge is 0.226 e. The minimum atomic E-state index is -1.04. The quantitative estimate of drug-likeness (QED) is 0.871. The van der Waals surface area contributed by atoms with E-state index in [2.05, 4.69) is 5.32 Å². The van der Waals surface area contributed by atoms with Gasteiger partial charge in [-0.1, -0.05) is 18.9 Å². The van der Waals surface area contributed by atoms with E-state index in [0.29, 0.717) is 0 Å². The zero-order valence-electron chi connectivity index (χ0n) is 10.0. The Morgan fingerprint density at radius 1 is 1.33 bits per heavy atom. The molecule has 1 fully saturated rings. The first-order chi connectivity index (χ1) is 8.50. The van der Waals surface area contributed by atoms with Gasteiger partial charge in [0.25, 0.3) is 0 Å². The fraction of sp³-hybridized carbons (Fsp3) is 0.462. The Hall–Kier alpha value is -1.49. The van der Waals surface area contributed by atoms with Crippen LogP contribution in [-0.2, 0) is 4.79 Å². The number of nitrogens with two attached hydrogens (primary N) is 1. The second-order valence-corrected chi connectivity index (χ2v) is 4.90. The van der Waals surface area contributed by atoms with E-state index in [1.807, 2.05) is 0 Å². The Balaban J connectivity index is 2.01. The summed E-state index contributed by atoms with van der Waals surface area (Å²) in [7, 11) is 0. The molecule has 1 aliphatic carbocycles. The van der Waals surface area contributed by atoms with Gasteiger partial charge in [-0.15, -0.1) is 0 Å². The maximum absolute atomic E-state index is 13.4. The van der Waals surface area contributed by atoms with Crippen LogP contribution in [0, 0.1) is 11.6 Å². The lowest BCUT2D eigenvalue weighted by Gasteiger charge is -2.22. The van der Waals surface area contributed by atoms with Gasteiger partial charge in [-0.3, -0.25) is 4.79 Å². The maximum Gasteiger partial charge on any atom is 0.226 e. The van der Waals surface area contributed by atoms with E-state index in [0.717, 1.165) is 31.7 Å². The van der Waals surface area contributed by atoms with E-state index in [9.17, 15) is 13.6 Å². The number of nitrogens with one attached hydrogen (secondary N) is 1. The molecule has 0 unspecified atom stereocenters. The molecule has 1 aromatic rings. The summed E-state index contributed by atoms with van der Waals surface area (Å²) in [5.41, 5.74) is 5.42. The largest absolute Gasteiger partial charge is 0.325 e. The molecule has 98 valence electrons. The van der Waals surface area contributed by atoms with Crippen LogP contribution in [0.4, 0.5) is 14.5 Å². The summed E-state index contributed by atoms with van der Waals surface area (Å²) in [6.45, 7) is 0. The number of hydrogen-bond donors (Lipinski definition) is 2. The molecule has 3 nitrogen and oxygen atoms in total. The molecule has 0 bridgehead atoms. The average Bonchev–Trinajstić information content (AvgIpc) is 2.71. The first-order valence-corrected chi connectivity index (χ1v) is 6.03. The standard InChI is InChI=1S/C13H16F2N2O/c14-9-4-3-5-10(12(9)15)17-11(18)8-13(16)6-1-2-7-13/h3-5H,1-2,6-8,16H2,(H,17,18). The van der Waals surface area contributed by atoms with Gasteiger partial charge >= 0.3 is 0 Å². The highest BCUT2D eigenvalue weighted by Gasteiger charge is 2.31. The van der Waals surface area contributed by atoms with Gasteiger partial charge < -0.3 is 11.1 Å². The molecule has 0 spiro atoms. The van der Waals surface area contributed by atoms with Crippen molar-refractivity contribution in [2.75, 3.05) is 5.32 Å². The van der Waals surface area contributed by atoms with Crippen molar-refractivity contribution in [1.82, 2.24) is 0 Å². The van der Waals surface area contributed by atoms with Crippen molar-refractivity contribution < 1.29 is 13.6 Å². The van der Waals surface area contributed by atoms with Gasteiger partial charge in [-0.25, -0.2) is 8.78 Å². The summed E-state index contributed by atoms with van der Waals surface area (Å²) in [5, 5.41) is 2.37. The van der Waals surface area contributed by atoms with Gasteiger partial charge in [-0.2, -0.15) is 0 Å². The van der Waals surface area contributed by atoms with E-state index >= 15 is 0 Å². The van der Waals surface area contributed by atoms with E-state index in [1.165, 1.54) is 12.1 Å². The Morgan fingerprint density at radius 3 is 2.67 bits per heavy atom. The van der Waals surface area contributed by atoms with Crippen molar-refractivity contribution in [3.05, 3.63) is 29.8 Å². The fourth-order valence-electron chi connectivity index (χ4n) is 2.37. The predicted octanol–water partition coefficient (Wildman–Crippen LogP) is 2.56. The van der Waals surface area contributed by atoms with Gasteiger partial charge in [0.1, 0.15) is 0 Å². The van der Waals surface area contributed by atoms with Gasteiger partial charge in [0.05, 0.1) is 5.69 Å². The molecule has 2 rings (SSSR count). The van der Waals surface area contributed by atoms with Crippen LogP contribution >= 0.6 is 0 Å². The number of anilines is 1. The highest BCUT2D eigenvalue weighted by atomic mass is 19.2. The summed E-state index contributed by atoms with van der Waals surface area (Å²) in [4.78, 5) is 11.8. The summed E-state index contributed by atoms with van der Waals surface area (Å²) < 4.78 is 26.3. The summed E-state index contributed by atoms with van der Waals surface area (Å²) >= 11 is 0. The molecule has 1 saturated carbocycles. The van der Waals surface area contributed by atoms with Crippen molar-refractivity contribution in [2.45, 2.75) is 37.6 Å². The highest BCUT2D eigenvalue weighted by molar-refractivity contribution is 5.91. The molecule has 1 aliphatic rings. The number of amides is 1. The third kappa shape index (κ3) is 2.85. The zero-order chi connectivity index (χ0) is 13.2. The highest BCUT2D eigenvalue weighted by Crippen LogP contribution is 2.30. The summed E-state index contributed by atoms with van der Waals surface area (Å²) in [5.74, 6) is -2.39. The lowest BCUT2D eigenvalue weighted by molar-refractivity contribution is -0.117. The Morgan fingerprint density at radius 2 is 2.00 bits per heavy atom. The zero-order valence-corrected chi connectivity index (χ0v) is 10.0. The topological polar surface area (TPSA) is 55.1 Å². The number of halogens is 2. The van der Waals surface area contributed by atoms with Crippen molar-refractivity contribution in [3.8, 4) is 0 Å². The molecule has 0 saturated heterocycles. The van der Waals surface area contributed by atoms with E-state index < -0.39 is 17.2 Å². The number of rotatable bonds is 3. The molecule has 0 aromatic heterocycles. The van der Waals surface area contributed by atoms with Gasteiger partial charge in [0, 0.05) is 12.0 Å². The molecule has 5 heteroatoms. The Labute approximate surface area is 104 Å². The fourth-order valence-corrected chi connectivity index (χ4v) is 2.37. The van der Waals surface area contributed by atoms with Crippen LogP contribution in [0.2, 0.25) is 0 Å². The van der Waals surface area contributed by atoms with Crippen LogP contribution in [0.3, 0.4) is 0 Å². The second kappa shape index (κ2) is 5.02. The van der Waals surface area contributed by atoms with E-state index in [4.69, 9.17) is 5.73 Å². The van der Waals surface area contributed by atoms with Crippen molar-refractivity contribution >= 4 is 11.6 Å². The number of carbonyl (C=O) groups excluding carboxylic acids is 1. The molecular formula is C13H16F2N2O. The van der Waals surface area contributed by atoms with Crippen LogP contribution in [0.5, 0.6) is 0 Å². The number of carbonyl (C=O) groups is 1. The second-order valence-electron chi connectivity index (χ2n) is 4.90. The Bertz CT molecular complexity index is 456. The van der Waals surface area contributed by atoms with Crippen LogP contribution in [-0.4, -0.2) is 11.4 Å². The van der Waals surface area contributed by atoms with Crippen LogP contribution in [0.25, 0.3) is 0 Å². The first kappa shape index (κ1) is 13.0. The van der Waals surface area contributed by atoms with E-state index in [1.54, 1.807) is 0 Å². The lowest BCUT2D eigenvalue weighted by atomic mass is 9.94. The van der Waals surface area contributed by atoms with Crippen LogP contribution in [0.1, 0.15) is 32.1 Å². The van der Waals surface area contributed by atoms with Gasteiger partial charge in [0.2, 0.25) is 5.91 Å². The van der Waals surface area contributed by atoms with Gasteiger partial charge in [-0.05, 0) is 25.0 Å². The van der Waals surface area contributed by atoms with Crippen LogP contribution in [0.15, 0.2) is 18.2 Å². The molecule has 0 heterocycles. The maximum atomic E-state index is 13.4. The van der Waals surface area contributed by atoms with Crippen molar-refractivity contribution in [2.24, 2.45) is 5.73 Å². The minimum Gasteiger partial charge on any atom is -0.325 e. The number of benzene rings is 1. The molecule has 18 heavy (non-hydrogen) atoms. The Kier molecular flexibility index (Phi) is 3.61. The van der Waals surface area contributed by atoms with Crippen molar-refractivity contribution in [1.29, 1.82) is 0 Å². The minimum absolute atomic E-state index is 0.137. The average molecular weight is 254 g/mol. The molecule has 3 N–H and O–H groups in total. The lowest BCUT2D eigenvalue weighted by Crippen LogP contribution is -2.40. The van der Waals surface area contributed by atoms with Crippen LogP contribution < -0.4 is 11.1 Å². The summed E-state index contributed by atoms with van der Waals surface area (Å²) in [6.07, 6.45) is 3.76. The molecule has 1 amide bonds. The normalized spacial score (nSPS) is 17.7. The number of hydrogen-bond acceptors (Lipinski definition) is 2. The van der Waals surface area contributed by atoms with E-state index in [-0.39, 0.29) is 18.0 Å². The molecular weight excluding hydrogens is 238 g/mol. The monoisotopic (exact) mass is 254 g/mol. The molecule has 1 aromatic carbocycles. The summed E-state index contributed by atoms with van der Waals surface area (Å²) in [6, 6.07) is 3.68. The third-order valence-electron chi connectivity index (χ3n) is 3.34. The molecule has 0 aliphatic heterocycles. The SMILES string of the molecule is NC1(CC(=O)Nc2cccc(F)c2F)CCCC1. The third-order valence-corrected chi connectivity index (χ3v) is 3.34.